The molecule has 0 bridgehead atoms. The molecule has 1 heterocycles. The van der Waals surface area contributed by atoms with Crippen LogP contribution >= 0.6 is 11.3 Å². The number of benzene rings is 2. The highest BCUT2D eigenvalue weighted by molar-refractivity contribution is 7.13. The fourth-order valence-corrected chi connectivity index (χ4v) is 5.68. The highest BCUT2D eigenvalue weighted by Gasteiger charge is 2.25. The van der Waals surface area contributed by atoms with Crippen LogP contribution < -0.4 is 10.6 Å². The van der Waals surface area contributed by atoms with Gasteiger partial charge in [0.15, 0.2) is 0 Å². The Morgan fingerprint density at radius 1 is 1.18 bits per heavy atom. The molecule has 180 valence electrons. The van der Waals surface area contributed by atoms with Crippen molar-refractivity contribution in [3.8, 4) is 10.4 Å². The number of thiophene rings is 1. The van der Waals surface area contributed by atoms with Gasteiger partial charge in [-0.3, -0.25) is 4.79 Å². The van der Waals surface area contributed by atoms with Crippen LogP contribution in [-0.4, -0.2) is 29.7 Å². The highest BCUT2D eigenvalue weighted by atomic mass is 32.1. The molecule has 34 heavy (non-hydrogen) atoms. The molecule has 4 rings (SSSR count). The Morgan fingerprint density at radius 2 is 1.94 bits per heavy atom. The van der Waals surface area contributed by atoms with Crippen LogP contribution in [0.3, 0.4) is 0 Å². The molecule has 0 spiro atoms. The van der Waals surface area contributed by atoms with Gasteiger partial charge in [-0.05, 0) is 90.1 Å². The summed E-state index contributed by atoms with van der Waals surface area (Å²) in [5.41, 5.74) is 5.39. The number of hydrogen-bond donors (Lipinski definition) is 3. The van der Waals surface area contributed by atoms with E-state index in [1.54, 1.807) is 11.3 Å². The Morgan fingerprint density at radius 3 is 2.62 bits per heavy atom. The number of fused-ring (bicyclic) bond motifs is 1. The summed E-state index contributed by atoms with van der Waals surface area (Å²) in [6.07, 6.45) is 2.23. The van der Waals surface area contributed by atoms with Crippen LogP contribution in [0, 0.1) is 18.6 Å². The first-order valence-electron chi connectivity index (χ1n) is 11.6. The van der Waals surface area contributed by atoms with Crippen molar-refractivity contribution in [2.24, 2.45) is 0 Å². The molecule has 3 atom stereocenters. The number of aliphatic hydroxyl groups excluding tert-OH is 1. The minimum Gasteiger partial charge on any atom is -0.390 e. The summed E-state index contributed by atoms with van der Waals surface area (Å²) >= 11 is 1.73. The van der Waals surface area contributed by atoms with Crippen molar-refractivity contribution in [2.45, 2.75) is 57.7 Å². The van der Waals surface area contributed by atoms with E-state index in [9.17, 15) is 18.7 Å². The monoisotopic (exact) mass is 484 g/mol. The van der Waals surface area contributed by atoms with Crippen molar-refractivity contribution in [3.63, 3.8) is 0 Å². The first kappa shape index (κ1) is 24.5. The predicted octanol–water partition coefficient (Wildman–Crippen LogP) is 5.08. The number of aryl methyl sites for hydroxylation is 2. The molecule has 0 fully saturated rings. The molecule has 1 aromatic heterocycles. The molecule has 0 saturated heterocycles. The molecule has 2 aromatic carbocycles. The summed E-state index contributed by atoms with van der Waals surface area (Å²) in [5, 5.41) is 19.2. The molecular formula is C27H30F2N2O2S. The first-order chi connectivity index (χ1) is 16.3. The lowest BCUT2D eigenvalue weighted by molar-refractivity contribution is -0.120. The summed E-state index contributed by atoms with van der Waals surface area (Å²) in [5.74, 6) is -1.67. The maximum atomic E-state index is 13.6. The number of hydrogen-bond acceptors (Lipinski definition) is 4. The zero-order valence-electron chi connectivity index (χ0n) is 19.4. The van der Waals surface area contributed by atoms with E-state index in [1.165, 1.54) is 46.2 Å². The molecular weight excluding hydrogens is 454 g/mol. The highest BCUT2D eigenvalue weighted by Crippen LogP contribution is 2.36. The Hall–Kier alpha value is -2.61. The van der Waals surface area contributed by atoms with Crippen LogP contribution in [0.25, 0.3) is 10.4 Å². The second-order valence-electron chi connectivity index (χ2n) is 9.06. The van der Waals surface area contributed by atoms with Crippen LogP contribution in [0.4, 0.5) is 8.78 Å². The third-order valence-electron chi connectivity index (χ3n) is 6.39. The molecule has 7 heteroatoms. The molecule has 4 nitrogen and oxygen atoms in total. The lowest BCUT2D eigenvalue weighted by atomic mass is 9.86. The first-order valence-corrected chi connectivity index (χ1v) is 12.5. The summed E-state index contributed by atoms with van der Waals surface area (Å²) in [6, 6.07) is 11.4. The Labute approximate surface area is 203 Å². The van der Waals surface area contributed by atoms with E-state index in [0.29, 0.717) is 5.56 Å². The summed E-state index contributed by atoms with van der Waals surface area (Å²) in [4.78, 5) is 13.0. The fraction of sp³-hybridized carbons (Fsp3) is 0.370. The number of amides is 1. The second kappa shape index (κ2) is 10.8. The lowest BCUT2D eigenvalue weighted by Gasteiger charge is -2.30. The summed E-state index contributed by atoms with van der Waals surface area (Å²) < 4.78 is 27.3. The van der Waals surface area contributed by atoms with E-state index in [4.69, 9.17) is 0 Å². The van der Waals surface area contributed by atoms with Gasteiger partial charge in [-0.15, -0.1) is 11.3 Å². The van der Waals surface area contributed by atoms with Crippen molar-refractivity contribution < 1.29 is 18.7 Å². The van der Waals surface area contributed by atoms with E-state index in [0.717, 1.165) is 25.3 Å². The number of carbonyl (C=O) groups is 1. The summed E-state index contributed by atoms with van der Waals surface area (Å²) in [6.45, 7) is 3.73. The van der Waals surface area contributed by atoms with Crippen molar-refractivity contribution in [3.05, 3.63) is 81.7 Å². The minimum absolute atomic E-state index is 0.0863. The molecule has 0 aliphatic heterocycles. The van der Waals surface area contributed by atoms with Crippen molar-refractivity contribution in [2.75, 3.05) is 6.54 Å². The van der Waals surface area contributed by atoms with Gasteiger partial charge in [0.25, 0.3) is 0 Å². The van der Waals surface area contributed by atoms with Gasteiger partial charge in [-0.1, -0.05) is 12.1 Å². The van der Waals surface area contributed by atoms with E-state index in [1.807, 2.05) is 0 Å². The molecule has 1 aliphatic carbocycles. The van der Waals surface area contributed by atoms with Gasteiger partial charge < -0.3 is 15.7 Å². The van der Waals surface area contributed by atoms with E-state index in [2.05, 4.69) is 47.2 Å². The third-order valence-corrected chi connectivity index (χ3v) is 7.45. The van der Waals surface area contributed by atoms with Crippen molar-refractivity contribution >= 4 is 17.2 Å². The van der Waals surface area contributed by atoms with Crippen LogP contribution in [0.15, 0.2) is 47.8 Å². The molecule has 1 unspecified atom stereocenters. The predicted molar refractivity (Wildman–Crippen MR) is 132 cm³/mol. The largest absolute Gasteiger partial charge is 0.390 e. The van der Waals surface area contributed by atoms with Crippen LogP contribution in [-0.2, 0) is 17.6 Å². The summed E-state index contributed by atoms with van der Waals surface area (Å²) in [7, 11) is 0. The average molecular weight is 485 g/mol. The van der Waals surface area contributed by atoms with Crippen molar-refractivity contribution in [1.29, 1.82) is 0 Å². The van der Waals surface area contributed by atoms with E-state index < -0.39 is 23.8 Å². The Balaban J connectivity index is 1.48. The third kappa shape index (κ3) is 5.90. The number of nitrogens with one attached hydrogen (secondary N) is 2. The van der Waals surface area contributed by atoms with Crippen LogP contribution in [0.2, 0.25) is 0 Å². The topological polar surface area (TPSA) is 61.4 Å². The molecule has 1 aliphatic rings. The maximum absolute atomic E-state index is 13.6. The second-order valence-corrected chi connectivity index (χ2v) is 9.97. The number of carbonyl (C=O) groups excluding carboxylic acids is 1. The zero-order valence-corrected chi connectivity index (χ0v) is 20.2. The molecule has 3 N–H and O–H groups in total. The van der Waals surface area contributed by atoms with Gasteiger partial charge in [-0.25, -0.2) is 8.78 Å². The molecule has 1 amide bonds. The average Bonchev–Trinajstić information content (AvgIpc) is 3.21. The van der Waals surface area contributed by atoms with Gasteiger partial charge >= 0.3 is 0 Å². The molecule has 0 saturated carbocycles. The quantitative estimate of drug-likeness (QED) is 0.418. The standard InChI is InChI=1S/C27H30F2N2O2S/c1-16-8-9-34-27(16)20-7-6-19-4-3-5-24(23(19)13-20)30-15-26(33)25(31-17(2)32)12-18-10-21(28)14-22(29)11-18/h6-11,13-14,24-26,30,33H,3-5,12,15H2,1-2H3,(H,31,32)/t24?,25-,26+/m0/s1. The van der Waals surface area contributed by atoms with E-state index >= 15 is 0 Å². The van der Waals surface area contributed by atoms with Crippen molar-refractivity contribution in [1.82, 2.24) is 10.6 Å². The minimum atomic E-state index is -0.927. The van der Waals surface area contributed by atoms with Gasteiger partial charge in [0.1, 0.15) is 11.6 Å². The maximum Gasteiger partial charge on any atom is 0.217 e. The molecule has 3 aromatic rings. The van der Waals surface area contributed by atoms with Gasteiger partial charge in [0, 0.05) is 30.5 Å². The van der Waals surface area contributed by atoms with Crippen LogP contribution in [0.1, 0.15) is 48.1 Å². The van der Waals surface area contributed by atoms with Gasteiger partial charge in [0.2, 0.25) is 5.91 Å². The van der Waals surface area contributed by atoms with Gasteiger partial charge in [0.05, 0.1) is 12.1 Å². The van der Waals surface area contributed by atoms with Crippen LogP contribution in [0.5, 0.6) is 0 Å². The SMILES string of the molecule is CC(=O)N[C@@H](Cc1cc(F)cc(F)c1)[C@H](O)CNC1CCCc2ccc(-c3sccc3C)cc21. The van der Waals surface area contributed by atoms with Gasteiger partial charge in [-0.2, -0.15) is 0 Å². The normalized spacial score (nSPS) is 17.1. The number of halogens is 2. The number of rotatable bonds is 8. The zero-order chi connectivity index (χ0) is 24.2. The lowest BCUT2D eigenvalue weighted by Crippen LogP contribution is -2.48. The Bertz CT molecular complexity index is 1140. The molecule has 0 radical (unpaired) electrons. The smallest absolute Gasteiger partial charge is 0.217 e. The fourth-order valence-electron chi connectivity index (χ4n) is 4.75. The van der Waals surface area contributed by atoms with E-state index in [-0.39, 0.29) is 24.9 Å². The Kier molecular flexibility index (Phi) is 7.76. The number of aliphatic hydroxyl groups is 1.